The lowest BCUT2D eigenvalue weighted by molar-refractivity contribution is -0.134. The van der Waals surface area contributed by atoms with Crippen LogP contribution in [0, 0.1) is 6.92 Å². The first-order valence-corrected chi connectivity index (χ1v) is 8.34. The fourth-order valence-electron chi connectivity index (χ4n) is 2.31. The smallest absolute Gasteiger partial charge is 0.333 e. The lowest BCUT2D eigenvalue weighted by atomic mass is 10.1. The summed E-state index contributed by atoms with van der Waals surface area (Å²) < 4.78 is 5.67. The zero-order chi connectivity index (χ0) is 18.1. The van der Waals surface area contributed by atoms with Crippen molar-refractivity contribution in [3.05, 3.63) is 53.3 Å². The number of benzene rings is 1. The van der Waals surface area contributed by atoms with E-state index in [1.165, 1.54) is 37.5 Å². The maximum Gasteiger partial charge on any atom is 0.333 e. The first kappa shape index (κ1) is 17.0. The topological polar surface area (TPSA) is 70.8 Å². The summed E-state index contributed by atoms with van der Waals surface area (Å²) in [5, 5.41) is 0.643. The van der Waals surface area contributed by atoms with Gasteiger partial charge in [0.2, 0.25) is 0 Å². The van der Waals surface area contributed by atoms with Crippen molar-refractivity contribution in [2.75, 3.05) is 14.1 Å². The molecule has 7 heteroatoms. The van der Waals surface area contributed by atoms with Crippen LogP contribution in [0.15, 0.2) is 56.4 Å². The number of carbonyl (C=O) groups is 3. The molecule has 128 valence electrons. The Kier molecular flexibility index (Phi) is 4.50. The van der Waals surface area contributed by atoms with E-state index in [4.69, 9.17) is 4.42 Å². The molecular weight excluding hydrogens is 340 g/mol. The zero-order valence-corrected chi connectivity index (χ0v) is 14.8. The summed E-state index contributed by atoms with van der Waals surface area (Å²) in [6.45, 7) is 2.02. The summed E-state index contributed by atoms with van der Waals surface area (Å²) in [6.07, 6.45) is 1.36. The van der Waals surface area contributed by atoms with Crippen molar-refractivity contribution in [1.29, 1.82) is 0 Å². The number of rotatable bonds is 3. The molecule has 2 heterocycles. The van der Waals surface area contributed by atoms with Gasteiger partial charge in [-0.25, -0.2) is 4.79 Å². The maximum absolute atomic E-state index is 12.2. The Balaban J connectivity index is 1.83. The van der Waals surface area contributed by atoms with E-state index in [1.54, 1.807) is 12.1 Å². The highest BCUT2D eigenvalue weighted by Crippen LogP contribution is 2.30. The zero-order valence-electron chi connectivity index (χ0n) is 14.0. The van der Waals surface area contributed by atoms with E-state index in [9.17, 15) is 14.4 Å². The third kappa shape index (κ3) is 3.36. The highest BCUT2D eigenvalue weighted by molar-refractivity contribution is 7.99. The first-order chi connectivity index (χ1) is 11.9. The number of urea groups is 1. The van der Waals surface area contributed by atoms with Crippen molar-refractivity contribution in [3.8, 4) is 0 Å². The van der Waals surface area contributed by atoms with Crippen LogP contribution >= 0.6 is 11.8 Å². The highest BCUT2D eigenvalue weighted by Gasteiger charge is 2.38. The Bertz CT molecular complexity index is 857. The first-order valence-electron chi connectivity index (χ1n) is 7.53. The summed E-state index contributed by atoms with van der Waals surface area (Å²) >= 11 is 1.44. The molecule has 1 aliphatic heterocycles. The fourth-order valence-corrected chi connectivity index (χ4v) is 3.09. The van der Waals surface area contributed by atoms with Crippen LogP contribution in [0.2, 0.25) is 0 Å². The molecule has 25 heavy (non-hydrogen) atoms. The SMILES string of the molecule is Cc1ccc(Sc2ccc(C=C3C(=O)N(C)C(=O)N(C)C3=O)o2)cc1. The molecule has 0 atom stereocenters. The summed E-state index contributed by atoms with van der Waals surface area (Å²) in [7, 11) is 2.67. The van der Waals surface area contributed by atoms with Gasteiger partial charge in [-0.05, 0) is 37.3 Å². The molecule has 0 aliphatic carbocycles. The number of aryl methyl sites for hydroxylation is 1. The van der Waals surface area contributed by atoms with Crippen LogP contribution in [0.25, 0.3) is 6.08 Å². The van der Waals surface area contributed by atoms with Crippen molar-refractivity contribution in [3.63, 3.8) is 0 Å². The van der Waals surface area contributed by atoms with Crippen LogP contribution in [0.3, 0.4) is 0 Å². The van der Waals surface area contributed by atoms with Crippen LogP contribution in [-0.2, 0) is 9.59 Å². The minimum absolute atomic E-state index is 0.106. The molecule has 0 N–H and O–H groups in total. The van der Waals surface area contributed by atoms with E-state index in [0.717, 1.165) is 14.7 Å². The molecule has 4 amide bonds. The number of furan rings is 1. The van der Waals surface area contributed by atoms with E-state index >= 15 is 0 Å². The Morgan fingerprint density at radius 3 is 2.12 bits per heavy atom. The predicted octanol–water partition coefficient (Wildman–Crippen LogP) is 3.17. The Morgan fingerprint density at radius 1 is 0.920 bits per heavy atom. The normalized spacial score (nSPS) is 15.2. The molecule has 0 saturated carbocycles. The average Bonchev–Trinajstić information content (AvgIpc) is 3.04. The van der Waals surface area contributed by atoms with E-state index in [0.29, 0.717) is 10.9 Å². The fraction of sp³-hybridized carbons (Fsp3) is 0.167. The number of hydrogen-bond donors (Lipinski definition) is 0. The number of carbonyl (C=O) groups excluding carboxylic acids is 3. The summed E-state index contributed by atoms with van der Waals surface area (Å²) in [4.78, 5) is 38.9. The molecule has 1 fully saturated rings. The van der Waals surface area contributed by atoms with E-state index in [2.05, 4.69) is 0 Å². The number of barbiturate groups is 1. The maximum atomic E-state index is 12.2. The van der Waals surface area contributed by atoms with Crippen molar-refractivity contribution < 1.29 is 18.8 Å². The molecule has 3 rings (SSSR count). The van der Waals surface area contributed by atoms with Gasteiger partial charge in [0, 0.05) is 19.0 Å². The minimum Gasteiger partial charge on any atom is -0.450 e. The Hall–Kier alpha value is -2.80. The second-order valence-electron chi connectivity index (χ2n) is 5.64. The van der Waals surface area contributed by atoms with Gasteiger partial charge in [-0.2, -0.15) is 0 Å². The molecule has 0 spiro atoms. The van der Waals surface area contributed by atoms with Crippen LogP contribution < -0.4 is 0 Å². The minimum atomic E-state index is -0.651. The molecule has 6 nitrogen and oxygen atoms in total. The summed E-state index contributed by atoms with van der Waals surface area (Å²) in [5.74, 6) is -0.906. The molecule has 1 aromatic heterocycles. The van der Waals surface area contributed by atoms with Crippen molar-refractivity contribution in [1.82, 2.24) is 9.80 Å². The molecule has 0 unspecified atom stereocenters. The van der Waals surface area contributed by atoms with E-state index < -0.39 is 17.8 Å². The highest BCUT2D eigenvalue weighted by atomic mass is 32.2. The molecule has 0 radical (unpaired) electrons. The van der Waals surface area contributed by atoms with Crippen LogP contribution in [-0.4, -0.2) is 41.7 Å². The second kappa shape index (κ2) is 6.60. The lowest BCUT2D eigenvalue weighted by Crippen LogP contribution is -2.52. The van der Waals surface area contributed by atoms with Crippen LogP contribution in [0.1, 0.15) is 11.3 Å². The number of likely N-dealkylation sites (N-methyl/N-ethyl adjacent to an activating group) is 2. The predicted molar refractivity (Wildman–Crippen MR) is 92.9 cm³/mol. The van der Waals surface area contributed by atoms with Gasteiger partial charge in [-0.15, -0.1) is 0 Å². The second-order valence-corrected chi connectivity index (χ2v) is 6.72. The van der Waals surface area contributed by atoms with Gasteiger partial charge in [0.05, 0.1) is 0 Å². The van der Waals surface area contributed by atoms with E-state index in [1.807, 2.05) is 31.2 Å². The standard InChI is InChI=1S/C18H16N2O4S/c1-11-4-7-13(8-5-11)25-15-9-6-12(24-15)10-14-16(21)19(2)18(23)20(3)17(14)22/h4-10H,1-3H3. The van der Waals surface area contributed by atoms with Crippen molar-refractivity contribution >= 4 is 35.7 Å². The van der Waals surface area contributed by atoms with Crippen LogP contribution in [0.4, 0.5) is 4.79 Å². The third-order valence-corrected chi connectivity index (χ3v) is 4.70. The quantitative estimate of drug-likeness (QED) is 0.624. The van der Waals surface area contributed by atoms with Gasteiger partial charge >= 0.3 is 6.03 Å². The van der Waals surface area contributed by atoms with Gasteiger partial charge in [0.25, 0.3) is 11.8 Å². The number of amides is 4. The van der Waals surface area contributed by atoms with Crippen LogP contribution in [0.5, 0.6) is 0 Å². The summed E-state index contributed by atoms with van der Waals surface area (Å²) in [5.41, 5.74) is 1.07. The molecule has 1 aromatic carbocycles. The molecule has 2 aromatic rings. The molecule has 1 aliphatic rings. The van der Waals surface area contributed by atoms with Gasteiger partial charge < -0.3 is 4.42 Å². The third-order valence-electron chi connectivity index (χ3n) is 3.77. The molecular formula is C18H16N2O4S. The average molecular weight is 356 g/mol. The van der Waals surface area contributed by atoms with Gasteiger partial charge in [-0.3, -0.25) is 19.4 Å². The van der Waals surface area contributed by atoms with Gasteiger partial charge in [0.1, 0.15) is 11.3 Å². The molecule has 1 saturated heterocycles. The monoisotopic (exact) mass is 356 g/mol. The Morgan fingerprint density at radius 2 is 1.52 bits per heavy atom. The van der Waals surface area contributed by atoms with E-state index in [-0.39, 0.29) is 5.57 Å². The lowest BCUT2D eigenvalue weighted by Gasteiger charge is -2.28. The number of hydrogen-bond acceptors (Lipinski definition) is 5. The van der Waals surface area contributed by atoms with Crippen molar-refractivity contribution in [2.45, 2.75) is 16.9 Å². The summed E-state index contributed by atoms with van der Waals surface area (Å²) in [6, 6.07) is 10.8. The number of nitrogens with zero attached hydrogens (tertiary/aromatic N) is 2. The van der Waals surface area contributed by atoms with Crippen molar-refractivity contribution in [2.24, 2.45) is 0 Å². The van der Waals surface area contributed by atoms with Gasteiger partial charge in [-0.1, -0.05) is 29.5 Å². The van der Waals surface area contributed by atoms with Gasteiger partial charge in [0.15, 0.2) is 5.09 Å². The largest absolute Gasteiger partial charge is 0.450 e. The number of imide groups is 2. The Labute approximate surface area is 149 Å². The molecule has 0 bridgehead atoms.